The maximum absolute atomic E-state index is 15.3. The summed E-state index contributed by atoms with van der Waals surface area (Å²) in [5, 5.41) is 55.6. The summed E-state index contributed by atoms with van der Waals surface area (Å²) in [7, 11) is 0. The number of phenolic OH excluding ortho intramolecular Hbond substituents is 1. The van der Waals surface area contributed by atoms with Crippen LogP contribution >= 0.6 is 25.3 Å². The highest BCUT2D eigenvalue weighted by molar-refractivity contribution is 7.80. The number of thiol groups is 2. The van der Waals surface area contributed by atoms with Crippen molar-refractivity contribution in [1.82, 2.24) is 79.1 Å². The molecule has 0 saturated carbocycles. The number of aliphatic hydroxyl groups is 1. The van der Waals surface area contributed by atoms with Crippen LogP contribution in [0.5, 0.6) is 5.75 Å². The Balaban J connectivity index is 1.43. The van der Waals surface area contributed by atoms with Crippen molar-refractivity contribution in [3.05, 3.63) is 102 Å². The van der Waals surface area contributed by atoms with Gasteiger partial charge in [-0.3, -0.25) is 81.5 Å². The zero-order valence-electron chi connectivity index (χ0n) is 72.3. The molecule has 2 heterocycles. The van der Waals surface area contributed by atoms with Gasteiger partial charge in [0.25, 0.3) is 0 Å². The van der Waals surface area contributed by atoms with Crippen molar-refractivity contribution < 1.29 is 91.7 Å². The number of amides is 17. The molecule has 27 N–H and O–H groups in total. The third-order valence-corrected chi connectivity index (χ3v) is 21.8. The molecule has 12 atom stereocenters. The molecule has 41 heteroatoms. The third kappa shape index (κ3) is 38.9. The van der Waals surface area contributed by atoms with Crippen molar-refractivity contribution in [2.45, 2.75) is 267 Å². The van der Waals surface area contributed by atoms with Crippen LogP contribution < -0.4 is 97.8 Å². The van der Waals surface area contributed by atoms with Gasteiger partial charge in [-0.05, 0) is 106 Å². The second-order valence-electron chi connectivity index (χ2n) is 31.5. The van der Waals surface area contributed by atoms with E-state index in [0.717, 1.165) is 39.5 Å². The fourth-order valence-electron chi connectivity index (χ4n) is 14.0. The minimum absolute atomic E-state index is 0.0177. The molecule has 3 aromatic carbocycles. The Morgan fingerprint density at radius 1 is 0.386 bits per heavy atom. The quantitative estimate of drug-likeness (QED) is 0.0172. The Hall–Kier alpha value is -11.8. The average molecular weight is 1810 g/mol. The number of aromatic amines is 2. The van der Waals surface area contributed by atoms with Gasteiger partial charge in [0.05, 0.1) is 19.1 Å². The van der Waals surface area contributed by atoms with Gasteiger partial charge in [-0.25, -0.2) is 0 Å². The molecular weight excluding hydrogens is 1680 g/mol. The van der Waals surface area contributed by atoms with Gasteiger partial charge in [0.15, 0.2) is 0 Å². The molecule has 5 rings (SSSR count). The Kier molecular flexibility index (Phi) is 47.4. The Morgan fingerprint density at radius 3 is 1.20 bits per heavy atom. The number of fused-ring (bicyclic) bond motifs is 2. The van der Waals surface area contributed by atoms with E-state index in [1.807, 2.05) is 0 Å². The van der Waals surface area contributed by atoms with Gasteiger partial charge >= 0.3 is 0 Å². The number of hydrogen-bond donors (Lipinski definition) is 24. The molecule has 698 valence electrons. The number of primary amides is 4. The molecule has 0 fully saturated rings. The summed E-state index contributed by atoms with van der Waals surface area (Å²) < 4.78 is 0. The first-order chi connectivity index (χ1) is 60.6. The molecule has 39 nitrogen and oxygen atoms in total. The summed E-state index contributed by atoms with van der Waals surface area (Å²) >= 11 is 8.49. The number of rotatable bonds is 63. The molecule has 0 radical (unpaired) electrons. The monoisotopic (exact) mass is 1810 g/mol. The lowest BCUT2D eigenvalue weighted by Gasteiger charge is -2.29. The Labute approximate surface area is 748 Å². The van der Waals surface area contributed by atoms with E-state index in [1.54, 1.807) is 54.7 Å². The van der Waals surface area contributed by atoms with Crippen molar-refractivity contribution in [2.75, 3.05) is 31.1 Å². The summed E-state index contributed by atoms with van der Waals surface area (Å²) in [6.07, 6.45) is 13.0. The number of unbranched alkanes of at least 4 members (excludes halogenated alkanes) is 13. The topological polar surface area (TPSA) is 649 Å². The molecular formula is C86H128N20O19S2. The standard InChI is InChI=1S/C86H128N20O19S2/c1-4-5-6-7-8-9-10-11-12-13-14-15-16-30-74(114)92-40-22-21-28-60(78(117)103-67(44-72(90)112)76(115)95-47-73(91)113)97-77(116)61(29-23-39-87)98-82(121)65(42-53-45-93-58-26-19-17-24-56(53)58)102-81(120)64(41-52-31-33-55(109)34-32-52)101-85(124)69(49-127)105-79(118)62(35-37-70(88)110)99-83(122)66(43-54-46-94-59-27-20-18-25-57(54)59)104-86(125)75(50(2)107)106-80(119)63(36-38-71(89)111)100-84(123)68(48-126)96-51(3)108/h17-20,24-27,31-34,45-46,50,60-69,75,93-94,107,109,126-127H,4-16,21-23,28-30,35-44,47-49,87H2,1-3H3,(H2,88,110)(H2,89,111)(H2,90,112)(H2,91,113)(H,92,114)(H,95,115)(H,96,108)(H,97,116)(H,98,121)(H,99,122)(H,100,123)(H,101,124)(H,102,120)(H,103,117)(H,104,125)(H,105,118)(H,106,119)/t50-,60+,61+,62+,63+,64+,65+,66+,67+,68+,69+,75+/m1/s1. The van der Waals surface area contributed by atoms with Crippen molar-refractivity contribution >= 4 is 147 Å². The van der Waals surface area contributed by atoms with E-state index in [-0.39, 0.29) is 75.4 Å². The van der Waals surface area contributed by atoms with Gasteiger partial charge in [0.1, 0.15) is 72.2 Å². The number of nitrogens with two attached hydrogens (primary N) is 5. The molecule has 0 saturated heterocycles. The molecule has 2 aromatic heterocycles. The fraction of sp³-hybridized carbons (Fsp3) is 0.547. The number of nitrogens with one attached hydrogen (secondary N) is 15. The number of aromatic hydroxyl groups is 1. The number of benzene rings is 3. The maximum Gasteiger partial charge on any atom is 0.245 e. The van der Waals surface area contributed by atoms with Gasteiger partial charge in [-0.15, -0.1) is 0 Å². The summed E-state index contributed by atoms with van der Waals surface area (Å²) in [6, 6.07) is 1.26. The smallest absolute Gasteiger partial charge is 0.245 e. The fourth-order valence-corrected chi connectivity index (χ4v) is 14.6. The maximum atomic E-state index is 15.3. The van der Waals surface area contributed by atoms with Gasteiger partial charge in [0, 0.05) is 97.7 Å². The molecule has 0 aliphatic carbocycles. The molecule has 127 heavy (non-hydrogen) atoms. The molecule has 17 amide bonds. The van der Waals surface area contributed by atoms with Crippen molar-refractivity contribution in [1.29, 1.82) is 0 Å². The largest absolute Gasteiger partial charge is 0.508 e. The van der Waals surface area contributed by atoms with Gasteiger partial charge < -0.3 is 118 Å². The lowest BCUT2D eigenvalue weighted by atomic mass is 10.0. The van der Waals surface area contributed by atoms with E-state index >= 15 is 9.59 Å². The van der Waals surface area contributed by atoms with Crippen LogP contribution in [0.1, 0.15) is 192 Å². The van der Waals surface area contributed by atoms with E-state index in [2.05, 4.69) is 111 Å². The first kappa shape index (κ1) is 106. The highest BCUT2D eigenvalue weighted by Crippen LogP contribution is 2.23. The number of aliphatic hydroxyl groups excluding tert-OH is 1. The highest BCUT2D eigenvalue weighted by atomic mass is 32.1. The third-order valence-electron chi connectivity index (χ3n) is 21.0. The van der Waals surface area contributed by atoms with E-state index in [1.165, 1.54) is 81.8 Å². The predicted octanol–water partition coefficient (Wildman–Crippen LogP) is -0.510. The zero-order valence-corrected chi connectivity index (χ0v) is 74.0. The van der Waals surface area contributed by atoms with E-state index in [4.69, 9.17) is 28.7 Å². The van der Waals surface area contributed by atoms with Crippen molar-refractivity contribution in [3.63, 3.8) is 0 Å². The van der Waals surface area contributed by atoms with E-state index < -0.39 is 211 Å². The second kappa shape index (κ2) is 57.0. The minimum Gasteiger partial charge on any atom is -0.508 e. The first-order valence-corrected chi connectivity index (χ1v) is 44.4. The number of hydrogen-bond acceptors (Lipinski definition) is 22. The molecule has 0 unspecified atom stereocenters. The number of aromatic nitrogens is 2. The molecule has 0 aliphatic heterocycles. The van der Waals surface area contributed by atoms with Crippen LogP contribution in [0.25, 0.3) is 21.8 Å². The first-order valence-electron chi connectivity index (χ1n) is 43.1. The lowest BCUT2D eigenvalue weighted by Crippen LogP contribution is -2.62. The van der Waals surface area contributed by atoms with Crippen LogP contribution in [0.2, 0.25) is 0 Å². The molecule has 0 bridgehead atoms. The van der Waals surface area contributed by atoms with Gasteiger partial charge in [-0.1, -0.05) is 133 Å². The summed E-state index contributed by atoms with van der Waals surface area (Å²) in [4.78, 5) is 239. The van der Waals surface area contributed by atoms with Gasteiger partial charge in [-0.2, -0.15) is 25.3 Å². The van der Waals surface area contributed by atoms with E-state index in [0.29, 0.717) is 57.8 Å². The van der Waals surface area contributed by atoms with Crippen LogP contribution in [-0.2, 0) is 101 Å². The van der Waals surface area contributed by atoms with Crippen molar-refractivity contribution in [2.24, 2.45) is 28.7 Å². The molecule has 0 aliphatic rings. The predicted molar refractivity (Wildman–Crippen MR) is 480 cm³/mol. The van der Waals surface area contributed by atoms with Crippen molar-refractivity contribution in [3.8, 4) is 5.75 Å². The summed E-state index contributed by atoms with van der Waals surface area (Å²) in [6.45, 7) is 3.96. The summed E-state index contributed by atoms with van der Waals surface area (Å²) in [5.41, 5.74) is 30.2. The van der Waals surface area contributed by atoms with Crippen LogP contribution in [0.15, 0.2) is 85.2 Å². The molecule has 0 spiro atoms. The van der Waals surface area contributed by atoms with Crippen LogP contribution in [0, 0.1) is 0 Å². The minimum atomic E-state index is -1.92. The van der Waals surface area contributed by atoms with Crippen LogP contribution in [0.4, 0.5) is 0 Å². The van der Waals surface area contributed by atoms with E-state index in [9.17, 15) is 82.1 Å². The average Bonchev–Trinajstić information content (AvgIpc) is 1.71. The number of para-hydroxylation sites is 2. The highest BCUT2D eigenvalue weighted by Gasteiger charge is 2.39. The van der Waals surface area contributed by atoms with Crippen LogP contribution in [0.3, 0.4) is 0 Å². The molecule has 5 aromatic rings. The second-order valence-corrected chi connectivity index (χ2v) is 32.3. The normalized spacial score (nSPS) is 14.0. The Bertz CT molecular complexity index is 4490. The van der Waals surface area contributed by atoms with Gasteiger partial charge in [0.2, 0.25) is 100 Å². The Morgan fingerprint density at radius 2 is 0.772 bits per heavy atom. The zero-order chi connectivity index (χ0) is 93.5. The SMILES string of the molecule is CCCCCCCCCCCCCCCC(=O)NCCCC[C@H](NC(=O)[C@H](CCCN)NC(=O)[C@H](Cc1c[nH]c2ccccc12)NC(=O)[C@H](Cc1ccc(O)cc1)NC(=O)[C@H](CS)NC(=O)[C@H](CCC(N)=O)NC(=O)[C@H](Cc1c[nH]c2ccccc12)NC(=O)[C@@H](NC(=O)[C@H](CCC(N)=O)NC(=O)[C@H](CS)NC(C)=O)[C@@H](C)O)C(=O)N[C@@H](CC(N)=O)C(=O)NCC(N)=O. The summed E-state index contributed by atoms with van der Waals surface area (Å²) in [5.74, 6) is -17.0. The van der Waals surface area contributed by atoms with Crippen LogP contribution in [-0.4, -0.2) is 224 Å². The number of carbonyl (C=O) groups excluding carboxylic acids is 17. The number of phenols is 1. The number of H-pyrrole nitrogens is 2. The number of carbonyl (C=O) groups is 17. The lowest BCUT2D eigenvalue weighted by molar-refractivity contribution is -0.137.